The monoisotopic (exact) mass is 275 g/mol. The van der Waals surface area contributed by atoms with Gasteiger partial charge in [0.05, 0.1) is 11.1 Å². The zero-order valence-corrected chi connectivity index (χ0v) is 10.1. The van der Waals surface area contributed by atoms with E-state index in [2.05, 4.69) is 0 Å². The normalized spacial score (nSPS) is 10.2. The van der Waals surface area contributed by atoms with Crippen molar-refractivity contribution in [1.29, 1.82) is 0 Å². The third-order valence-electron chi connectivity index (χ3n) is 2.74. The second-order valence-corrected chi connectivity index (χ2v) is 4.15. The van der Waals surface area contributed by atoms with Crippen molar-refractivity contribution in [2.24, 2.45) is 0 Å². The van der Waals surface area contributed by atoms with E-state index in [1.54, 1.807) is 0 Å². The van der Waals surface area contributed by atoms with Gasteiger partial charge in [-0.25, -0.2) is 14.0 Å². The van der Waals surface area contributed by atoms with Gasteiger partial charge in [0.15, 0.2) is 0 Å². The van der Waals surface area contributed by atoms with Crippen LogP contribution in [-0.4, -0.2) is 22.2 Å². The Balaban J connectivity index is 2.54. The Morgan fingerprint density at radius 2 is 1.65 bits per heavy atom. The number of nitrogens with two attached hydrogens (primary N) is 1. The standard InChI is InChI=1S/C14H10FNO4/c15-12-6-7(1-2-11(12)14(19)20)8-3-9(13(17)18)5-10(16)4-8/h1-6H,16H2,(H,17,18)(H,19,20). The third-order valence-corrected chi connectivity index (χ3v) is 2.74. The van der Waals surface area contributed by atoms with Crippen LogP contribution < -0.4 is 5.73 Å². The van der Waals surface area contributed by atoms with Crippen molar-refractivity contribution in [3.8, 4) is 11.1 Å². The number of benzene rings is 2. The summed E-state index contributed by atoms with van der Waals surface area (Å²) < 4.78 is 13.6. The maximum absolute atomic E-state index is 13.6. The first-order chi connectivity index (χ1) is 9.38. The van der Waals surface area contributed by atoms with E-state index in [0.29, 0.717) is 11.1 Å². The van der Waals surface area contributed by atoms with Crippen LogP contribution >= 0.6 is 0 Å². The summed E-state index contributed by atoms with van der Waals surface area (Å²) in [5.74, 6) is -3.41. The molecule has 0 aliphatic heterocycles. The van der Waals surface area contributed by atoms with Crippen LogP contribution in [0.4, 0.5) is 10.1 Å². The SMILES string of the molecule is Nc1cc(C(=O)O)cc(-c2ccc(C(=O)O)c(F)c2)c1. The fraction of sp³-hybridized carbons (Fsp3) is 0. The molecule has 0 atom stereocenters. The maximum Gasteiger partial charge on any atom is 0.338 e. The van der Waals surface area contributed by atoms with Gasteiger partial charge in [0.1, 0.15) is 5.82 Å². The molecule has 2 aromatic rings. The smallest absolute Gasteiger partial charge is 0.338 e. The fourth-order valence-corrected chi connectivity index (χ4v) is 1.81. The number of carbonyl (C=O) groups is 2. The van der Waals surface area contributed by atoms with E-state index in [9.17, 15) is 14.0 Å². The van der Waals surface area contributed by atoms with E-state index in [0.717, 1.165) is 12.1 Å². The number of aromatic carboxylic acids is 2. The Morgan fingerprint density at radius 3 is 2.20 bits per heavy atom. The second kappa shape index (κ2) is 5.00. The molecule has 0 aromatic heterocycles. The van der Waals surface area contributed by atoms with E-state index >= 15 is 0 Å². The first kappa shape index (κ1) is 13.5. The number of hydrogen-bond acceptors (Lipinski definition) is 3. The van der Waals surface area contributed by atoms with Crippen molar-refractivity contribution in [3.05, 3.63) is 53.3 Å². The molecule has 4 N–H and O–H groups in total. The van der Waals surface area contributed by atoms with Gasteiger partial charge in [-0.3, -0.25) is 0 Å². The molecule has 0 unspecified atom stereocenters. The summed E-state index contributed by atoms with van der Waals surface area (Å²) in [4.78, 5) is 21.7. The summed E-state index contributed by atoms with van der Waals surface area (Å²) in [6.45, 7) is 0. The molecule has 6 heteroatoms. The highest BCUT2D eigenvalue weighted by molar-refractivity contribution is 5.92. The number of anilines is 1. The van der Waals surface area contributed by atoms with Crippen molar-refractivity contribution in [1.82, 2.24) is 0 Å². The number of carboxylic acid groups (broad SMARTS) is 2. The number of hydrogen-bond donors (Lipinski definition) is 3. The Bertz CT molecular complexity index is 712. The minimum atomic E-state index is -1.37. The van der Waals surface area contributed by atoms with Crippen LogP contribution in [0.2, 0.25) is 0 Å². The van der Waals surface area contributed by atoms with Gasteiger partial charge in [0.25, 0.3) is 0 Å². The number of rotatable bonds is 3. The zero-order chi connectivity index (χ0) is 14.9. The van der Waals surface area contributed by atoms with Crippen molar-refractivity contribution < 1.29 is 24.2 Å². The summed E-state index contributed by atoms with van der Waals surface area (Å²) >= 11 is 0. The van der Waals surface area contributed by atoms with Crippen molar-refractivity contribution in [2.75, 3.05) is 5.73 Å². The number of carboxylic acids is 2. The average Bonchev–Trinajstić information content (AvgIpc) is 2.37. The van der Waals surface area contributed by atoms with Crippen LogP contribution in [0.1, 0.15) is 20.7 Å². The molecule has 0 bridgehead atoms. The van der Waals surface area contributed by atoms with Crippen LogP contribution in [0.3, 0.4) is 0 Å². The molecule has 0 saturated heterocycles. The Labute approximate surface area is 113 Å². The maximum atomic E-state index is 13.6. The van der Waals surface area contributed by atoms with E-state index in [4.69, 9.17) is 15.9 Å². The molecule has 20 heavy (non-hydrogen) atoms. The average molecular weight is 275 g/mol. The van der Waals surface area contributed by atoms with Crippen LogP contribution in [0.5, 0.6) is 0 Å². The molecule has 0 fully saturated rings. The van der Waals surface area contributed by atoms with E-state index in [-0.39, 0.29) is 11.3 Å². The van der Waals surface area contributed by atoms with Crippen LogP contribution in [-0.2, 0) is 0 Å². The summed E-state index contributed by atoms with van der Waals surface area (Å²) in [5, 5.41) is 17.7. The number of halogens is 1. The van der Waals surface area contributed by atoms with Gasteiger partial charge in [-0.1, -0.05) is 6.07 Å². The van der Waals surface area contributed by atoms with E-state index in [1.165, 1.54) is 24.3 Å². The molecular formula is C14H10FNO4. The molecular weight excluding hydrogens is 265 g/mol. The molecule has 5 nitrogen and oxygen atoms in total. The van der Waals surface area contributed by atoms with E-state index < -0.39 is 23.3 Å². The highest BCUT2D eigenvalue weighted by atomic mass is 19.1. The van der Waals surface area contributed by atoms with Gasteiger partial charge in [-0.15, -0.1) is 0 Å². The molecule has 0 aliphatic carbocycles. The summed E-state index contributed by atoms with van der Waals surface area (Å²) in [5.41, 5.74) is 6.10. The lowest BCUT2D eigenvalue weighted by Gasteiger charge is -2.07. The molecule has 0 saturated carbocycles. The number of nitrogen functional groups attached to an aromatic ring is 1. The predicted octanol–water partition coefficient (Wildman–Crippen LogP) is 2.47. The third kappa shape index (κ3) is 2.59. The van der Waals surface area contributed by atoms with Gasteiger partial charge in [-0.2, -0.15) is 0 Å². The Kier molecular flexibility index (Phi) is 3.39. The van der Waals surface area contributed by atoms with Crippen molar-refractivity contribution in [2.45, 2.75) is 0 Å². The largest absolute Gasteiger partial charge is 0.478 e. The van der Waals surface area contributed by atoms with Gasteiger partial charge < -0.3 is 15.9 Å². The minimum Gasteiger partial charge on any atom is -0.478 e. The predicted molar refractivity (Wildman–Crippen MR) is 70.2 cm³/mol. The molecule has 2 rings (SSSR count). The summed E-state index contributed by atoms with van der Waals surface area (Å²) in [6, 6.07) is 7.66. The van der Waals surface area contributed by atoms with E-state index in [1.807, 2.05) is 0 Å². The van der Waals surface area contributed by atoms with Gasteiger partial charge in [0, 0.05) is 5.69 Å². The highest BCUT2D eigenvalue weighted by Gasteiger charge is 2.12. The Hall–Kier alpha value is -2.89. The first-order valence-electron chi connectivity index (χ1n) is 5.55. The lowest BCUT2D eigenvalue weighted by molar-refractivity contribution is 0.0683. The van der Waals surface area contributed by atoms with Gasteiger partial charge >= 0.3 is 11.9 Å². The molecule has 0 spiro atoms. The minimum absolute atomic E-state index is 0.0253. The van der Waals surface area contributed by atoms with Crippen LogP contribution in [0.15, 0.2) is 36.4 Å². The topological polar surface area (TPSA) is 101 Å². The second-order valence-electron chi connectivity index (χ2n) is 4.15. The molecule has 0 aliphatic rings. The van der Waals surface area contributed by atoms with Gasteiger partial charge in [-0.05, 0) is 41.5 Å². The lowest BCUT2D eigenvalue weighted by Crippen LogP contribution is -2.01. The summed E-state index contributed by atoms with van der Waals surface area (Å²) in [6.07, 6.45) is 0. The molecule has 102 valence electrons. The zero-order valence-electron chi connectivity index (χ0n) is 10.1. The van der Waals surface area contributed by atoms with Crippen LogP contribution in [0, 0.1) is 5.82 Å². The highest BCUT2D eigenvalue weighted by Crippen LogP contribution is 2.25. The summed E-state index contributed by atoms with van der Waals surface area (Å²) in [7, 11) is 0. The van der Waals surface area contributed by atoms with Crippen LogP contribution in [0.25, 0.3) is 11.1 Å². The fourth-order valence-electron chi connectivity index (χ4n) is 1.81. The lowest BCUT2D eigenvalue weighted by atomic mass is 10.0. The Morgan fingerprint density at radius 1 is 0.950 bits per heavy atom. The molecule has 0 amide bonds. The van der Waals surface area contributed by atoms with Gasteiger partial charge in [0.2, 0.25) is 0 Å². The molecule has 0 radical (unpaired) electrons. The molecule has 2 aromatic carbocycles. The van der Waals surface area contributed by atoms with Crippen molar-refractivity contribution >= 4 is 17.6 Å². The molecule has 0 heterocycles. The van der Waals surface area contributed by atoms with Crippen molar-refractivity contribution in [3.63, 3.8) is 0 Å². The quantitative estimate of drug-likeness (QED) is 0.747. The first-order valence-corrected chi connectivity index (χ1v) is 5.55.